The van der Waals surface area contributed by atoms with E-state index in [2.05, 4.69) is 10.3 Å². The van der Waals surface area contributed by atoms with Gasteiger partial charge >= 0.3 is 0 Å². The van der Waals surface area contributed by atoms with Crippen LogP contribution in [0.1, 0.15) is 19.4 Å². The summed E-state index contributed by atoms with van der Waals surface area (Å²) in [6.45, 7) is 1.84. The lowest BCUT2D eigenvalue weighted by molar-refractivity contribution is -0.119. The van der Waals surface area contributed by atoms with Gasteiger partial charge in [-0.15, -0.1) is 0 Å². The molecule has 3 rings (SSSR count). The van der Waals surface area contributed by atoms with Crippen molar-refractivity contribution in [2.24, 2.45) is 0 Å². The molecule has 0 aliphatic rings. The second-order valence-corrected chi connectivity index (χ2v) is 6.14. The Morgan fingerprint density at radius 2 is 2.08 bits per heavy atom. The normalized spacial score (nSPS) is 12.0. The van der Waals surface area contributed by atoms with E-state index in [0.717, 1.165) is 0 Å². The number of amides is 1. The number of nitrogens with one attached hydrogen (secondary N) is 1. The maximum Gasteiger partial charge on any atom is 0.261 e. The molecule has 7 heteroatoms. The molecule has 134 valence electrons. The summed E-state index contributed by atoms with van der Waals surface area (Å²) in [5, 5.41) is 3.66. The molecule has 0 fully saturated rings. The van der Waals surface area contributed by atoms with Gasteiger partial charge in [0.1, 0.15) is 11.8 Å². The number of para-hydroxylation sites is 1. The Morgan fingerprint density at radius 1 is 1.31 bits per heavy atom. The van der Waals surface area contributed by atoms with Gasteiger partial charge in [-0.25, -0.2) is 4.98 Å². The van der Waals surface area contributed by atoms with Crippen molar-refractivity contribution in [2.75, 3.05) is 12.4 Å². The van der Waals surface area contributed by atoms with Gasteiger partial charge in [0.05, 0.1) is 29.4 Å². The van der Waals surface area contributed by atoms with Crippen molar-refractivity contribution in [1.29, 1.82) is 0 Å². The molecule has 3 aromatic rings. The van der Waals surface area contributed by atoms with Gasteiger partial charge in [-0.2, -0.15) is 0 Å². The van der Waals surface area contributed by atoms with E-state index in [9.17, 15) is 9.59 Å². The van der Waals surface area contributed by atoms with Gasteiger partial charge in [-0.1, -0.05) is 30.7 Å². The molecule has 1 aromatic heterocycles. The minimum atomic E-state index is -0.680. The summed E-state index contributed by atoms with van der Waals surface area (Å²) in [6, 6.07) is 11.3. The summed E-state index contributed by atoms with van der Waals surface area (Å²) in [5.41, 5.74) is 0.886. The topological polar surface area (TPSA) is 73.2 Å². The van der Waals surface area contributed by atoms with Crippen molar-refractivity contribution in [1.82, 2.24) is 9.55 Å². The molecule has 1 atom stereocenters. The largest absolute Gasteiger partial charge is 0.495 e. The summed E-state index contributed by atoms with van der Waals surface area (Å²) >= 11 is 6.09. The highest BCUT2D eigenvalue weighted by atomic mass is 35.5. The van der Waals surface area contributed by atoms with Crippen molar-refractivity contribution in [3.63, 3.8) is 0 Å². The monoisotopic (exact) mass is 371 g/mol. The summed E-state index contributed by atoms with van der Waals surface area (Å²) in [7, 11) is 1.52. The first kappa shape index (κ1) is 17.9. The van der Waals surface area contributed by atoms with Crippen LogP contribution in [0.2, 0.25) is 5.02 Å². The minimum Gasteiger partial charge on any atom is -0.495 e. The number of hydrogen-bond acceptors (Lipinski definition) is 4. The Labute approximate surface area is 155 Å². The van der Waals surface area contributed by atoms with Gasteiger partial charge in [0.25, 0.3) is 5.56 Å². The maximum absolute atomic E-state index is 12.7. The van der Waals surface area contributed by atoms with Crippen LogP contribution >= 0.6 is 11.6 Å². The molecule has 1 amide bonds. The van der Waals surface area contributed by atoms with E-state index in [4.69, 9.17) is 16.3 Å². The summed E-state index contributed by atoms with van der Waals surface area (Å²) in [6.07, 6.45) is 1.86. The van der Waals surface area contributed by atoms with E-state index in [1.165, 1.54) is 18.0 Å². The predicted octanol–water partition coefficient (Wildman–Crippen LogP) is 3.65. The number of rotatable bonds is 5. The number of hydrogen-bond donors (Lipinski definition) is 1. The summed E-state index contributed by atoms with van der Waals surface area (Å²) in [4.78, 5) is 29.7. The Hall–Kier alpha value is -2.86. The predicted molar refractivity (Wildman–Crippen MR) is 102 cm³/mol. The fraction of sp³-hybridized carbons (Fsp3) is 0.211. The van der Waals surface area contributed by atoms with Crippen molar-refractivity contribution < 1.29 is 9.53 Å². The van der Waals surface area contributed by atoms with Crippen LogP contribution in [0, 0.1) is 0 Å². The highest BCUT2D eigenvalue weighted by Crippen LogP contribution is 2.27. The smallest absolute Gasteiger partial charge is 0.261 e. The second kappa shape index (κ2) is 7.58. The number of nitrogens with zero attached hydrogens (tertiary/aromatic N) is 2. The summed E-state index contributed by atoms with van der Waals surface area (Å²) in [5.74, 6) is 0.208. The lowest BCUT2D eigenvalue weighted by Gasteiger charge is -2.18. The Balaban J connectivity index is 1.91. The number of carbonyl (C=O) groups is 1. The average Bonchev–Trinajstić information content (AvgIpc) is 2.64. The molecule has 0 saturated carbocycles. The number of anilines is 1. The molecule has 2 aromatic carbocycles. The molecule has 26 heavy (non-hydrogen) atoms. The third kappa shape index (κ3) is 3.41. The molecular formula is C19H18ClN3O3. The SMILES string of the molecule is CC[C@@H](C(=O)Nc1ccc(OC)c(Cl)c1)n1cnc2ccccc2c1=O. The van der Waals surface area contributed by atoms with Gasteiger partial charge < -0.3 is 10.1 Å². The first-order valence-electron chi connectivity index (χ1n) is 8.15. The second-order valence-electron chi connectivity index (χ2n) is 5.74. The van der Waals surface area contributed by atoms with Crippen LogP contribution in [0.3, 0.4) is 0 Å². The standard InChI is InChI=1S/C19H18ClN3O3/c1-3-16(18(24)22-12-8-9-17(26-2)14(20)10-12)23-11-21-15-7-5-4-6-13(15)19(23)25/h4-11,16H,3H2,1-2H3,(H,22,24)/t16-/m0/s1. The number of aromatic nitrogens is 2. The van der Waals surface area contributed by atoms with Crippen molar-refractivity contribution in [3.8, 4) is 5.75 Å². The van der Waals surface area contributed by atoms with E-state index < -0.39 is 6.04 Å². The molecule has 0 radical (unpaired) electrons. The number of halogens is 1. The fourth-order valence-corrected chi connectivity index (χ4v) is 3.04. The van der Waals surface area contributed by atoms with Gasteiger partial charge in [-0.05, 0) is 36.8 Å². The zero-order chi connectivity index (χ0) is 18.7. The molecule has 0 unspecified atom stereocenters. The van der Waals surface area contributed by atoms with Crippen LogP contribution in [0.5, 0.6) is 5.75 Å². The molecular weight excluding hydrogens is 354 g/mol. The first-order chi connectivity index (χ1) is 12.5. The van der Waals surface area contributed by atoms with Crippen LogP contribution in [0.15, 0.2) is 53.6 Å². The minimum absolute atomic E-state index is 0.245. The first-order valence-corrected chi connectivity index (χ1v) is 8.53. The number of methoxy groups -OCH3 is 1. The van der Waals surface area contributed by atoms with E-state index in [1.807, 2.05) is 13.0 Å². The Morgan fingerprint density at radius 3 is 2.77 bits per heavy atom. The van der Waals surface area contributed by atoms with Crippen LogP contribution in [0.25, 0.3) is 10.9 Å². The molecule has 1 N–H and O–H groups in total. The van der Waals surface area contributed by atoms with Crippen molar-refractivity contribution in [2.45, 2.75) is 19.4 Å². The number of carbonyl (C=O) groups excluding carboxylic acids is 1. The molecule has 0 spiro atoms. The Kier molecular flexibility index (Phi) is 5.23. The molecule has 0 saturated heterocycles. The van der Waals surface area contributed by atoms with Gasteiger partial charge in [-0.3, -0.25) is 14.2 Å². The molecule has 0 bridgehead atoms. The third-order valence-electron chi connectivity index (χ3n) is 4.13. The lowest BCUT2D eigenvalue weighted by Crippen LogP contribution is -2.33. The molecule has 1 heterocycles. The summed E-state index contributed by atoms with van der Waals surface area (Å²) < 4.78 is 6.47. The number of fused-ring (bicyclic) bond motifs is 1. The maximum atomic E-state index is 12.7. The van der Waals surface area contributed by atoms with E-state index >= 15 is 0 Å². The fourth-order valence-electron chi connectivity index (χ4n) is 2.78. The average molecular weight is 372 g/mol. The van der Waals surface area contributed by atoms with Crippen molar-refractivity contribution in [3.05, 3.63) is 64.2 Å². The molecule has 0 aliphatic carbocycles. The molecule has 6 nitrogen and oxygen atoms in total. The highest BCUT2D eigenvalue weighted by Gasteiger charge is 2.21. The zero-order valence-electron chi connectivity index (χ0n) is 14.4. The van der Waals surface area contributed by atoms with Gasteiger partial charge in [0, 0.05) is 5.69 Å². The van der Waals surface area contributed by atoms with E-state index in [-0.39, 0.29) is 11.5 Å². The van der Waals surface area contributed by atoms with E-state index in [0.29, 0.717) is 33.8 Å². The lowest BCUT2D eigenvalue weighted by atomic mass is 10.1. The zero-order valence-corrected chi connectivity index (χ0v) is 15.2. The molecule has 0 aliphatic heterocycles. The number of ether oxygens (including phenoxy) is 1. The van der Waals surface area contributed by atoms with Crippen molar-refractivity contribution >= 4 is 34.1 Å². The van der Waals surface area contributed by atoms with Crippen LogP contribution in [-0.4, -0.2) is 22.6 Å². The van der Waals surface area contributed by atoms with Gasteiger partial charge in [0.15, 0.2) is 0 Å². The van der Waals surface area contributed by atoms with E-state index in [1.54, 1.807) is 36.4 Å². The van der Waals surface area contributed by atoms with Crippen LogP contribution < -0.4 is 15.6 Å². The van der Waals surface area contributed by atoms with Gasteiger partial charge in [0.2, 0.25) is 5.91 Å². The third-order valence-corrected chi connectivity index (χ3v) is 4.43. The number of benzene rings is 2. The Bertz CT molecular complexity index is 1020. The highest BCUT2D eigenvalue weighted by molar-refractivity contribution is 6.32. The van der Waals surface area contributed by atoms with Crippen LogP contribution in [-0.2, 0) is 4.79 Å². The quantitative estimate of drug-likeness (QED) is 0.743. The van der Waals surface area contributed by atoms with Crippen LogP contribution in [0.4, 0.5) is 5.69 Å².